The van der Waals surface area contributed by atoms with Crippen LogP contribution in [-0.4, -0.2) is 44.9 Å². The zero-order chi connectivity index (χ0) is 12.4. The Kier molecular flexibility index (Phi) is 8.15. The summed E-state index contributed by atoms with van der Waals surface area (Å²) in [6.45, 7) is 5.60. The van der Waals surface area contributed by atoms with Gasteiger partial charge in [-0.1, -0.05) is 6.92 Å². The van der Waals surface area contributed by atoms with Gasteiger partial charge in [-0.2, -0.15) is 0 Å². The normalized spacial score (nSPS) is 14.5. The van der Waals surface area contributed by atoms with Gasteiger partial charge in [-0.25, -0.2) is 0 Å². The summed E-state index contributed by atoms with van der Waals surface area (Å²) in [5, 5.41) is 2.94. The first-order valence-electron chi connectivity index (χ1n) is 5.65. The van der Waals surface area contributed by atoms with Crippen LogP contribution in [0.25, 0.3) is 0 Å². The first-order valence-corrected chi connectivity index (χ1v) is 5.65. The zero-order valence-electron chi connectivity index (χ0n) is 10.5. The molecule has 0 aliphatic heterocycles. The molecule has 0 spiro atoms. The number of nitrogens with one attached hydrogen (secondary N) is 1. The highest BCUT2D eigenvalue weighted by molar-refractivity contribution is 5.78. The molecule has 0 bridgehead atoms. The van der Waals surface area contributed by atoms with Crippen LogP contribution in [0.3, 0.4) is 0 Å². The number of amides is 1. The number of rotatable bonds is 9. The molecule has 16 heavy (non-hydrogen) atoms. The maximum absolute atomic E-state index is 11.5. The Morgan fingerprint density at radius 1 is 1.44 bits per heavy atom. The summed E-state index contributed by atoms with van der Waals surface area (Å²) in [5.41, 5.74) is 5.28. The summed E-state index contributed by atoms with van der Waals surface area (Å²) in [6.07, 6.45) is 1.63. The van der Waals surface area contributed by atoms with Gasteiger partial charge in [0.25, 0.3) is 0 Å². The fraction of sp³-hybridized carbons (Fsp3) is 0.909. The van der Waals surface area contributed by atoms with Gasteiger partial charge < -0.3 is 20.5 Å². The van der Waals surface area contributed by atoms with E-state index in [1.807, 2.05) is 13.8 Å². The first kappa shape index (κ1) is 15.3. The van der Waals surface area contributed by atoms with Gasteiger partial charge in [-0.3, -0.25) is 4.79 Å². The van der Waals surface area contributed by atoms with Gasteiger partial charge >= 0.3 is 0 Å². The number of hydrogen-bond acceptors (Lipinski definition) is 4. The Morgan fingerprint density at radius 3 is 2.62 bits per heavy atom. The third kappa shape index (κ3) is 6.76. The van der Waals surface area contributed by atoms with E-state index in [2.05, 4.69) is 5.32 Å². The lowest BCUT2D eigenvalue weighted by Crippen LogP contribution is -2.48. The molecule has 5 heteroatoms. The Labute approximate surface area is 97.7 Å². The van der Waals surface area contributed by atoms with E-state index in [0.717, 1.165) is 12.8 Å². The number of carbonyl (C=O) groups excluding carboxylic acids is 1. The molecule has 1 unspecified atom stereocenters. The molecule has 0 fully saturated rings. The molecule has 1 atom stereocenters. The SMILES string of the molecule is CCC(C)(CCN)NC(=O)COCCOC. The lowest BCUT2D eigenvalue weighted by Gasteiger charge is -2.29. The summed E-state index contributed by atoms with van der Waals surface area (Å²) < 4.78 is 9.95. The standard InChI is InChI=1S/C11H24N2O3/c1-4-11(2,5-6-12)13-10(14)9-16-8-7-15-3/h4-9,12H2,1-3H3,(H,13,14). The highest BCUT2D eigenvalue weighted by Gasteiger charge is 2.22. The average molecular weight is 232 g/mol. The van der Waals surface area contributed by atoms with Crippen molar-refractivity contribution in [3.05, 3.63) is 0 Å². The van der Waals surface area contributed by atoms with Crippen LogP contribution in [0.1, 0.15) is 26.7 Å². The summed E-state index contributed by atoms with van der Waals surface area (Å²) in [5.74, 6) is -0.103. The van der Waals surface area contributed by atoms with Gasteiger partial charge in [0.2, 0.25) is 5.91 Å². The molecule has 0 aromatic heterocycles. The van der Waals surface area contributed by atoms with Crippen LogP contribution < -0.4 is 11.1 Å². The topological polar surface area (TPSA) is 73.6 Å². The van der Waals surface area contributed by atoms with Crippen LogP contribution in [0.5, 0.6) is 0 Å². The predicted octanol–water partition coefficient (Wildman–Crippen LogP) is 0.283. The molecule has 0 heterocycles. The average Bonchev–Trinajstić information content (AvgIpc) is 2.25. The lowest BCUT2D eigenvalue weighted by atomic mass is 9.94. The molecule has 0 aliphatic rings. The monoisotopic (exact) mass is 232 g/mol. The van der Waals surface area contributed by atoms with Crippen molar-refractivity contribution in [2.24, 2.45) is 5.73 Å². The number of ether oxygens (including phenoxy) is 2. The maximum Gasteiger partial charge on any atom is 0.246 e. The van der Waals surface area contributed by atoms with Crippen LogP contribution in [0.4, 0.5) is 0 Å². The summed E-state index contributed by atoms with van der Waals surface area (Å²) in [6, 6.07) is 0. The maximum atomic E-state index is 11.5. The van der Waals surface area contributed by atoms with E-state index in [0.29, 0.717) is 19.8 Å². The second-order valence-corrected chi connectivity index (χ2v) is 4.05. The second kappa shape index (κ2) is 8.50. The smallest absolute Gasteiger partial charge is 0.246 e. The van der Waals surface area contributed by atoms with Crippen LogP contribution in [0.2, 0.25) is 0 Å². The molecule has 0 saturated carbocycles. The van der Waals surface area contributed by atoms with E-state index in [4.69, 9.17) is 15.2 Å². The van der Waals surface area contributed by atoms with Crippen LogP contribution in [0, 0.1) is 0 Å². The van der Waals surface area contributed by atoms with Crippen LogP contribution in [0.15, 0.2) is 0 Å². The third-order valence-electron chi connectivity index (χ3n) is 2.58. The van der Waals surface area contributed by atoms with E-state index >= 15 is 0 Å². The van der Waals surface area contributed by atoms with E-state index in [9.17, 15) is 4.79 Å². The number of methoxy groups -OCH3 is 1. The van der Waals surface area contributed by atoms with Crippen molar-refractivity contribution in [3.8, 4) is 0 Å². The molecule has 5 nitrogen and oxygen atoms in total. The Bertz CT molecular complexity index is 200. The van der Waals surface area contributed by atoms with Gasteiger partial charge in [0.15, 0.2) is 0 Å². The molecule has 1 amide bonds. The fourth-order valence-corrected chi connectivity index (χ4v) is 1.33. The minimum atomic E-state index is -0.226. The van der Waals surface area contributed by atoms with Crippen molar-refractivity contribution in [2.75, 3.05) is 33.5 Å². The van der Waals surface area contributed by atoms with Crippen LogP contribution in [-0.2, 0) is 14.3 Å². The summed E-state index contributed by atoms with van der Waals surface area (Å²) >= 11 is 0. The summed E-state index contributed by atoms with van der Waals surface area (Å²) in [4.78, 5) is 11.5. The minimum absolute atomic E-state index is 0.0729. The van der Waals surface area contributed by atoms with E-state index < -0.39 is 0 Å². The highest BCUT2D eigenvalue weighted by Crippen LogP contribution is 2.12. The predicted molar refractivity (Wildman–Crippen MR) is 63.2 cm³/mol. The van der Waals surface area contributed by atoms with Gasteiger partial charge in [0.05, 0.1) is 13.2 Å². The lowest BCUT2D eigenvalue weighted by molar-refractivity contribution is -0.128. The molecule has 0 aromatic rings. The van der Waals surface area contributed by atoms with Crippen molar-refractivity contribution in [3.63, 3.8) is 0 Å². The van der Waals surface area contributed by atoms with E-state index in [1.165, 1.54) is 0 Å². The largest absolute Gasteiger partial charge is 0.382 e. The molecule has 3 N–H and O–H groups in total. The van der Waals surface area contributed by atoms with E-state index in [1.54, 1.807) is 7.11 Å². The molecule has 0 aliphatic carbocycles. The molecule has 0 radical (unpaired) electrons. The van der Waals surface area contributed by atoms with E-state index in [-0.39, 0.29) is 18.1 Å². The molecular weight excluding hydrogens is 208 g/mol. The third-order valence-corrected chi connectivity index (χ3v) is 2.58. The van der Waals surface area contributed by atoms with Gasteiger partial charge in [-0.15, -0.1) is 0 Å². The van der Waals surface area contributed by atoms with Crippen molar-refractivity contribution in [2.45, 2.75) is 32.2 Å². The first-order chi connectivity index (χ1) is 7.58. The molecular formula is C11H24N2O3. The highest BCUT2D eigenvalue weighted by atomic mass is 16.5. The van der Waals surface area contributed by atoms with Crippen molar-refractivity contribution >= 4 is 5.91 Å². The number of carbonyl (C=O) groups is 1. The number of hydrogen-bond donors (Lipinski definition) is 2. The molecule has 96 valence electrons. The van der Waals surface area contributed by atoms with Gasteiger partial charge in [0.1, 0.15) is 6.61 Å². The summed E-state index contributed by atoms with van der Waals surface area (Å²) in [7, 11) is 1.60. The van der Waals surface area contributed by atoms with Crippen LogP contribution >= 0.6 is 0 Å². The second-order valence-electron chi connectivity index (χ2n) is 4.05. The van der Waals surface area contributed by atoms with Gasteiger partial charge in [-0.05, 0) is 26.3 Å². The quantitative estimate of drug-likeness (QED) is 0.560. The molecule has 0 rings (SSSR count). The van der Waals surface area contributed by atoms with Crippen molar-refractivity contribution in [1.82, 2.24) is 5.32 Å². The Morgan fingerprint density at radius 2 is 2.12 bits per heavy atom. The van der Waals surface area contributed by atoms with Gasteiger partial charge in [0, 0.05) is 12.6 Å². The number of nitrogens with two attached hydrogens (primary N) is 1. The fourth-order valence-electron chi connectivity index (χ4n) is 1.33. The van der Waals surface area contributed by atoms with Crippen molar-refractivity contribution in [1.29, 1.82) is 0 Å². The zero-order valence-corrected chi connectivity index (χ0v) is 10.5. The molecule has 0 saturated heterocycles. The van der Waals surface area contributed by atoms with Crippen molar-refractivity contribution < 1.29 is 14.3 Å². The molecule has 0 aromatic carbocycles. The Balaban J connectivity index is 3.82. The minimum Gasteiger partial charge on any atom is -0.382 e. The Hall–Kier alpha value is -0.650.